The number of alkyl halides is 1. The average molecular weight is 280 g/mol. The van der Waals surface area contributed by atoms with Crippen LogP contribution in [0.4, 0.5) is 0 Å². The minimum Gasteiger partial charge on any atom is -0.451 e. The van der Waals surface area contributed by atoms with E-state index >= 15 is 0 Å². The van der Waals surface area contributed by atoms with Crippen LogP contribution in [0, 0.1) is 0 Å². The van der Waals surface area contributed by atoms with Gasteiger partial charge < -0.3 is 9.73 Å². The number of para-hydroxylation sites is 1. The van der Waals surface area contributed by atoms with Crippen LogP contribution in [0.25, 0.3) is 11.0 Å². The lowest BCUT2D eigenvalue weighted by atomic mass is 9.95. The Bertz CT molecular complexity index is 531. The average Bonchev–Trinajstić information content (AvgIpc) is 2.89. The summed E-state index contributed by atoms with van der Waals surface area (Å²) in [4.78, 5) is 12.2. The van der Waals surface area contributed by atoms with Gasteiger partial charge in [0.2, 0.25) is 0 Å². The van der Waals surface area contributed by atoms with Crippen molar-refractivity contribution in [3.8, 4) is 0 Å². The number of hydrogen-bond donors (Lipinski definition) is 1. The first kappa shape index (κ1) is 13.9. The number of fused-ring (bicyclic) bond motifs is 1. The second-order valence-corrected chi connectivity index (χ2v) is 4.99. The van der Waals surface area contributed by atoms with E-state index in [1.807, 2.05) is 38.1 Å². The molecule has 2 aromatic rings. The van der Waals surface area contributed by atoms with Crippen molar-refractivity contribution in [2.45, 2.75) is 32.2 Å². The summed E-state index contributed by atoms with van der Waals surface area (Å²) in [6.45, 7) is 4.04. The first-order valence-corrected chi connectivity index (χ1v) is 7.04. The zero-order valence-corrected chi connectivity index (χ0v) is 12.0. The van der Waals surface area contributed by atoms with Crippen molar-refractivity contribution >= 4 is 28.5 Å². The Kier molecular flexibility index (Phi) is 4.15. The number of nitrogens with one attached hydrogen (secondary N) is 1. The standard InChI is InChI=1S/C15H18ClNO2/c1-3-15(4-2,10-16)17-14(18)13-9-11-7-5-6-8-12(11)19-13/h5-9H,3-4,10H2,1-2H3,(H,17,18). The zero-order chi connectivity index (χ0) is 13.9. The van der Waals surface area contributed by atoms with Gasteiger partial charge in [0.25, 0.3) is 5.91 Å². The van der Waals surface area contributed by atoms with Crippen molar-refractivity contribution < 1.29 is 9.21 Å². The molecule has 0 unspecified atom stereocenters. The molecular weight excluding hydrogens is 262 g/mol. The number of furan rings is 1. The summed E-state index contributed by atoms with van der Waals surface area (Å²) in [6, 6.07) is 9.33. The highest BCUT2D eigenvalue weighted by Gasteiger charge is 2.28. The summed E-state index contributed by atoms with van der Waals surface area (Å²) >= 11 is 5.99. The fourth-order valence-electron chi connectivity index (χ4n) is 2.05. The SMILES string of the molecule is CCC(CC)(CCl)NC(=O)c1cc2ccccc2o1. The van der Waals surface area contributed by atoms with E-state index in [-0.39, 0.29) is 11.4 Å². The van der Waals surface area contributed by atoms with Crippen molar-refractivity contribution in [3.63, 3.8) is 0 Å². The minimum atomic E-state index is -0.363. The van der Waals surface area contributed by atoms with Gasteiger partial charge in [0.05, 0.1) is 5.54 Å². The molecule has 0 aliphatic heterocycles. The third kappa shape index (κ3) is 2.76. The second kappa shape index (κ2) is 5.66. The van der Waals surface area contributed by atoms with E-state index in [1.165, 1.54) is 0 Å². The molecule has 4 heteroatoms. The number of carbonyl (C=O) groups excluding carboxylic acids is 1. The summed E-state index contributed by atoms with van der Waals surface area (Å²) < 4.78 is 5.55. The van der Waals surface area contributed by atoms with E-state index < -0.39 is 0 Å². The van der Waals surface area contributed by atoms with Gasteiger partial charge in [-0.3, -0.25) is 4.79 Å². The third-order valence-corrected chi connectivity index (χ3v) is 4.15. The van der Waals surface area contributed by atoms with Gasteiger partial charge in [0, 0.05) is 11.3 Å². The lowest BCUT2D eigenvalue weighted by Crippen LogP contribution is -2.49. The van der Waals surface area contributed by atoms with Crippen molar-refractivity contribution in [1.29, 1.82) is 0 Å². The number of carbonyl (C=O) groups is 1. The molecule has 0 radical (unpaired) electrons. The molecule has 0 aliphatic rings. The molecule has 2 rings (SSSR count). The molecular formula is C15H18ClNO2. The quantitative estimate of drug-likeness (QED) is 0.842. The van der Waals surface area contributed by atoms with Crippen LogP contribution < -0.4 is 5.32 Å². The Morgan fingerprint density at radius 1 is 1.32 bits per heavy atom. The Balaban J connectivity index is 2.24. The van der Waals surface area contributed by atoms with Crippen LogP contribution >= 0.6 is 11.6 Å². The Labute approximate surface area is 117 Å². The largest absolute Gasteiger partial charge is 0.451 e. The molecule has 0 spiro atoms. The van der Waals surface area contributed by atoms with E-state index in [4.69, 9.17) is 16.0 Å². The van der Waals surface area contributed by atoms with Crippen LogP contribution in [0.3, 0.4) is 0 Å². The van der Waals surface area contributed by atoms with Gasteiger partial charge >= 0.3 is 0 Å². The van der Waals surface area contributed by atoms with E-state index in [1.54, 1.807) is 6.07 Å². The van der Waals surface area contributed by atoms with E-state index in [9.17, 15) is 4.79 Å². The van der Waals surface area contributed by atoms with Crippen LogP contribution in [0.5, 0.6) is 0 Å². The summed E-state index contributed by atoms with van der Waals surface area (Å²) in [6.07, 6.45) is 1.58. The summed E-state index contributed by atoms with van der Waals surface area (Å²) in [5.41, 5.74) is 0.356. The summed E-state index contributed by atoms with van der Waals surface area (Å²) in [5, 5.41) is 3.92. The van der Waals surface area contributed by atoms with Gasteiger partial charge in [-0.05, 0) is 25.0 Å². The normalized spacial score (nSPS) is 11.7. The van der Waals surface area contributed by atoms with Gasteiger partial charge in [-0.1, -0.05) is 32.0 Å². The molecule has 1 N–H and O–H groups in total. The Morgan fingerprint density at radius 2 is 2.00 bits per heavy atom. The molecule has 1 heterocycles. The number of halogens is 1. The van der Waals surface area contributed by atoms with Crippen LogP contribution in [0.1, 0.15) is 37.2 Å². The number of amides is 1. The fourth-order valence-corrected chi connectivity index (χ4v) is 2.49. The molecule has 1 aromatic heterocycles. The molecule has 3 nitrogen and oxygen atoms in total. The molecule has 0 bridgehead atoms. The molecule has 0 saturated carbocycles. The van der Waals surface area contributed by atoms with E-state index in [0.717, 1.165) is 23.8 Å². The topological polar surface area (TPSA) is 42.2 Å². The van der Waals surface area contributed by atoms with Crippen molar-refractivity contribution in [2.75, 3.05) is 5.88 Å². The van der Waals surface area contributed by atoms with Gasteiger partial charge in [-0.25, -0.2) is 0 Å². The Hall–Kier alpha value is -1.48. The fraction of sp³-hybridized carbons (Fsp3) is 0.400. The maximum atomic E-state index is 12.2. The predicted molar refractivity (Wildman–Crippen MR) is 77.7 cm³/mol. The highest BCUT2D eigenvalue weighted by atomic mass is 35.5. The van der Waals surface area contributed by atoms with Crippen LogP contribution in [-0.4, -0.2) is 17.3 Å². The van der Waals surface area contributed by atoms with Crippen molar-refractivity contribution in [3.05, 3.63) is 36.1 Å². The number of rotatable bonds is 5. The lowest BCUT2D eigenvalue weighted by Gasteiger charge is -2.30. The maximum absolute atomic E-state index is 12.2. The number of hydrogen-bond acceptors (Lipinski definition) is 2. The minimum absolute atomic E-state index is 0.208. The molecule has 0 aliphatic carbocycles. The lowest BCUT2D eigenvalue weighted by molar-refractivity contribution is 0.0876. The van der Waals surface area contributed by atoms with Crippen molar-refractivity contribution in [2.24, 2.45) is 0 Å². The molecule has 0 saturated heterocycles. The van der Waals surface area contributed by atoms with E-state index in [2.05, 4.69) is 5.32 Å². The number of benzene rings is 1. The molecule has 102 valence electrons. The van der Waals surface area contributed by atoms with Gasteiger partial charge in [-0.2, -0.15) is 0 Å². The maximum Gasteiger partial charge on any atom is 0.287 e. The predicted octanol–water partition coefficient (Wildman–Crippen LogP) is 3.96. The Morgan fingerprint density at radius 3 is 2.58 bits per heavy atom. The molecule has 1 amide bonds. The zero-order valence-electron chi connectivity index (χ0n) is 11.2. The molecule has 19 heavy (non-hydrogen) atoms. The van der Waals surface area contributed by atoms with Crippen LogP contribution in [0.15, 0.2) is 34.7 Å². The van der Waals surface area contributed by atoms with Crippen molar-refractivity contribution in [1.82, 2.24) is 5.32 Å². The summed E-state index contributed by atoms with van der Waals surface area (Å²) in [5.74, 6) is 0.518. The highest BCUT2D eigenvalue weighted by Crippen LogP contribution is 2.21. The monoisotopic (exact) mass is 279 g/mol. The highest BCUT2D eigenvalue weighted by molar-refractivity contribution is 6.19. The smallest absolute Gasteiger partial charge is 0.287 e. The first-order chi connectivity index (χ1) is 9.14. The van der Waals surface area contributed by atoms with E-state index in [0.29, 0.717) is 11.6 Å². The third-order valence-electron chi connectivity index (χ3n) is 3.64. The summed E-state index contributed by atoms with van der Waals surface area (Å²) in [7, 11) is 0. The van der Waals surface area contributed by atoms with Gasteiger partial charge in [0.1, 0.15) is 5.58 Å². The van der Waals surface area contributed by atoms with Crippen LogP contribution in [-0.2, 0) is 0 Å². The first-order valence-electron chi connectivity index (χ1n) is 6.51. The molecule has 1 aromatic carbocycles. The molecule has 0 fully saturated rings. The van der Waals surface area contributed by atoms with Gasteiger partial charge in [0.15, 0.2) is 5.76 Å². The van der Waals surface area contributed by atoms with Gasteiger partial charge in [-0.15, -0.1) is 11.6 Å². The second-order valence-electron chi connectivity index (χ2n) is 4.72. The van der Waals surface area contributed by atoms with Crippen LogP contribution in [0.2, 0.25) is 0 Å². The molecule has 0 atom stereocenters.